The van der Waals surface area contributed by atoms with Crippen molar-refractivity contribution in [3.63, 3.8) is 0 Å². The molecule has 0 unspecified atom stereocenters. The average Bonchev–Trinajstić information content (AvgIpc) is 3.36. The lowest BCUT2D eigenvalue weighted by atomic mass is 10.1. The van der Waals surface area contributed by atoms with E-state index in [-0.39, 0.29) is 55.2 Å². The normalized spacial score (nSPS) is 22.2. The molecule has 0 aliphatic carbocycles. The number of carbonyl (C=O) groups excluding carboxylic acids is 3. The molecule has 2 fully saturated rings. The number of nitrogens with one attached hydrogen (secondary N) is 1. The summed E-state index contributed by atoms with van der Waals surface area (Å²) in [5.41, 5.74) is 0.286. The fraction of sp³-hybridized carbons (Fsp3) is 0.350. The molecule has 1 aromatic carbocycles. The standard InChI is InChI=1S/C20H17ClFN3O6S/c21-15-4-3-14(32-15)19(27)23-7-13-12-8-30-18-11(25(12)20(28)31-13)2-1-10(17(18)22)24-5-6-29-9-16(24)26/h1-4,12-13H,5-9H2,(H,23,27)/t12-,13-/m0/s1. The van der Waals surface area contributed by atoms with Crippen LogP contribution in [0.2, 0.25) is 4.34 Å². The van der Waals surface area contributed by atoms with Crippen molar-refractivity contribution in [1.82, 2.24) is 5.32 Å². The quantitative estimate of drug-likeness (QED) is 0.720. The number of hydrogen-bond acceptors (Lipinski definition) is 7. The zero-order valence-electron chi connectivity index (χ0n) is 16.5. The van der Waals surface area contributed by atoms with Gasteiger partial charge >= 0.3 is 6.09 Å². The van der Waals surface area contributed by atoms with E-state index in [0.717, 1.165) is 11.3 Å². The van der Waals surface area contributed by atoms with Crippen LogP contribution in [-0.4, -0.2) is 63.0 Å². The summed E-state index contributed by atoms with van der Waals surface area (Å²) in [4.78, 5) is 40.0. The van der Waals surface area contributed by atoms with Crippen LogP contribution in [-0.2, 0) is 14.3 Å². The Morgan fingerprint density at radius 2 is 2.06 bits per heavy atom. The highest BCUT2D eigenvalue weighted by atomic mass is 35.5. The van der Waals surface area contributed by atoms with Gasteiger partial charge in [-0.3, -0.25) is 14.5 Å². The number of amides is 3. The number of thiophene rings is 1. The molecule has 9 nitrogen and oxygen atoms in total. The van der Waals surface area contributed by atoms with Crippen LogP contribution in [0.4, 0.5) is 20.6 Å². The van der Waals surface area contributed by atoms with Gasteiger partial charge in [0.1, 0.15) is 25.4 Å². The van der Waals surface area contributed by atoms with Crippen LogP contribution in [0, 0.1) is 5.82 Å². The topological polar surface area (TPSA) is 97.4 Å². The van der Waals surface area contributed by atoms with E-state index in [1.54, 1.807) is 12.1 Å². The third-order valence-electron chi connectivity index (χ3n) is 5.46. The first-order chi connectivity index (χ1) is 15.4. The molecule has 4 heterocycles. The summed E-state index contributed by atoms with van der Waals surface area (Å²) in [6.07, 6.45) is -1.34. The third-order valence-corrected chi connectivity index (χ3v) is 6.69. The number of nitrogens with zero attached hydrogens (tertiary/aromatic N) is 2. The Morgan fingerprint density at radius 1 is 1.25 bits per heavy atom. The summed E-state index contributed by atoms with van der Waals surface area (Å²) in [6.45, 7) is 0.433. The first-order valence-electron chi connectivity index (χ1n) is 9.81. The van der Waals surface area contributed by atoms with E-state index in [4.69, 9.17) is 25.8 Å². The molecule has 32 heavy (non-hydrogen) atoms. The van der Waals surface area contributed by atoms with E-state index in [2.05, 4.69) is 5.32 Å². The molecule has 1 N–H and O–H groups in total. The van der Waals surface area contributed by atoms with E-state index in [1.165, 1.54) is 21.9 Å². The zero-order valence-corrected chi connectivity index (χ0v) is 18.1. The van der Waals surface area contributed by atoms with Crippen LogP contribution < -0.4 is 19.9 Å². The second-order valence-corrected chi connectivity index (χ2v) is 9.04. The summed E-state index contributed by atoms with van der Waals surface area (Å²) in [6, 6.07) is 5.65. The van der Waals surface area contributed by atoms with Crippen LogP contribution in [0.25, 0.3) is 0 Å². The highest BCUT2D eigenvalue weighted by Gasteiger charge is 2.47. The minimum Gasteiger partial charge on any atom is -0.486 e. The lowest BCUT2D eigenvalue weighted by molar-refractivity contribution is -0.125. The van der Waals surface area contributed by atoms with Gasteiger partial charge in [-0.1, -0.05) is 11.6 Å². The molecule has 3 amide bonds. The Labute approximate surface area is 190 Å². The second-order valence-electron chi connectivity index (χ2n) is 7.33. The molecular formula is C20H17ClFN3O6S. The molecule has 1 aromatic heterocycles. The summed E-state index contributed by atoms with van der Waals surface area (Å²) in [5, 5.41) is 2.72. The number of anilines is 2. The predicted molar refractivity (Wildman–Crippen MR) is 113 cm³/mol. The fourth-order valence-corrected chi connectivity index (χ4v) is 4.89. The van der Waals surface area contributed by atoms with Crippen LogP contribution in [0.1, 0.15) is 9.67 Å². The summed E-state index contributed by atoms with van der Waals surface area (Å²) in [5.74, 6) is -1.53. The Hall–Kier alpha value is -2.89. The number of cyclic esters (lactones) is 1. The van der Waals surface area contributed by atoms with E-state index >= 15 is 4.39 Å². The predicted octanol–water partition coefficient (Wildman–Crippen LogP) is 2.42. The zero-order chi connectivity index (χ0) is 22.4. The van der Waals surface area contributed by atoms with Crippen molar-refractivity contribution < 1.29 is 33.0 Å². The van der Waals surface area contributed by atoms with Crippen molar-refractivity contribution in [3.05, 3.63) is 39.3 Å². The number of rotatable bonds is 4. The van der Waals surface area contributed by atoms with Gasteiger partial charge in [-0.25, -0.2) is 9.18 Å². The van der Waals surface area contributed by atoms with E-state index in [1.807, 2.05) is 0 Å². The van der Waals surface area contributed by atoms with E-state index < -0.39 is 24.1 Å². The Balaban J connectivity index is 1.34. The highest BCUT2D eigenvalue weighted by Crippen LogP contribution is 2.43. The van der Waals surface area contributed by atoms with Crippen molar-refractivity contribution in [2.75, 3.05) is 42.7 Å². The monoisotopic (exact) mass is 481 g/mol. The molecule has 3 aliphatic heterocycles. The Morgan fingerprint density at radius 3 is 2.81 bits per heavy atom. The molecular weight excluding hydrogens is 465 g/mol. The lowest BCUT2D eigenvalue weighted by Crippen LogP contribution is -2.48. The third kappa shape index (κ3) is 3.55. The smallest absolute Gasteiger partial charge is 0.415 e. The van der Waals surface area contributed by atoms with Gasteiger partial charge in [0.05, 0.1) is 33.7 Å². The largest absolute Gasteiger partial charge is 0.486 e. The molecule has 2 aromatic rings. The molecule has 0 radical (unpaired) electrons. The number of ether oxygens (including phenoxy) is 3. The van der Waals surface area contributed by atoms with Gasteiger partial charge in [0, 0.05) is 6.54 Å². The van der Waals surface area contributed by atoms with Crippen LogP contribution in [0.3, 0.4) is 0 Å². The highest BCUT2D eigenvalue weighted by molar-refractivity contribution is 7.18. The molecule has 2 atom stereocenters. The van der Waals surface area contributed by atoms with Crippen molar-refractivity contribution in [2.24, 2.45) is 0 Å². The number of hydrogen-bond donors (Lipinski definition) is 1. The average molecular weight is 482 g/mol. The van der Waals surface area contributed by atoms with Gasteiger partial charge in [-0.2, -0.15) is 0 Å². The minimum atomic E-state index is -0.727. The summed E-state index contributed by atoms with van der Waals surface area (Å²) >= 11 is 7.00. The van der Waals surface area contributed by atoms with Gasteiger partial charge in [0.15, 0.2) is 11.6 Å². The number of fused-ring (bicyclic) bond motifs is 3. The minimum absolute atomic E-state index is 0.0263. The molecule has 0 saturated carbocycles. The van der Waals surface area contributed by atoms with E-state index in [9.17, 15) is 14.4 Å². The fourth-order valence-electron chi connectivity index (χ4n) is 3.93. The van der Waals surface area contributed by atoms with Gasteiger partial charge in [0.25, 0.3) is 11.8 Å². The van der Waals surface area contributed by atoms with Gasteiger partial charge in [-0.05, 0) is 24.3 Å². The van der Waals surface area contributed by atoms with Crippen LogP contribution in [0.15, 0.2) is 24.3 Å². The van der Waals surface area contributed by atoms with Crippen LogP contribution >= 0.6 is 22.9 Å². The molecule has 0 spiro atoms. The maximum Gasteiger partial charge on any atom is 0.415 e. The van der Waals surface area contributed by atoms with Crippen molar-refractivity contribution >= 4 is 52.2 Å². The van der Waals surface area contributed by atoms with Crippen molar-refractivity contribution in [3.8, 4) is 5.75 Å². The number of morpholine rings is 1. The van der Waals surface area contributed by atoms with Gasteiger partial charge in [0.2, 0.25) is 0 Å². The summed E-state index contributed by atoms with van der Waals surface area (Å²) in [7, 11) is 0. The van der Waals surface area contributed by atoms with Gasteiger partial charge in [-0.15, -0.1) is 11.3 Å². The summed E-state index contributed by atoms with van der Waals surface area (Å²) < 4.78 is 31.9. The Bertz CT molecular complexity index is 1110. The first-order valence-corrected chi connectivity index (χ1v) is 11.0. The molecule has 0 bridgehead atoms. The number of carbonyl (C=O) groups is 3. The molecule has 2 saturated heterocycles. The molecule has 3 aliphatic rings. The number of benzene rings is 1. The van der Waals surface area contributed by atoms with Gasteiger partial charge < -0.3 is 24.4 Å². The molecule has 168 valence electrons. The number of halogens is 2. The Kier molecular flexibility index (Phi) is 5.39. The first kappa shape index (κ1) is 21.0. The van der Waals surface area contributed by atoms with E-state index in [0.29, 0.717) is 15.8 Å². The van der Waals surface area contributed by atoms with Crippen molar-refractivity contribution in [2.45, 2.75) is 12.1 Å². The maximum absolute atomic E-state index is 15.2. The molecule has 12 heteroatoms. The van der Waals surface area contributed by atoms with Crippen molar-refractivity contribution in [1.29, 1.82) is 0 Å². The SMILES string of the molecule is O=C(NC[C@@H]1OC(=O)N2c3ccc(N4CCOCC4=O)c(F)c3OC[C@@H]12)c1ccc(Cl)s1. The van der Waals surface area contributed by atoms with Crippen LogP contribution in [0.5, 0.6) is 5.75 Å². The maximum atomic E-state index is 15.2. The lowest BCUT2D eigenvalue weighted by Gasteiger charge is -2.33. The second kappa shape index (κ2) is 8.23. The molecule has 5 rings (SSSR count).